The zero-order valence-electron chi connectivity index (χ0n) is 4.85. The van der Waals surface area contributed by atoms with Crippen LogP contribution in [0, 0.1) is 0 Å². The third-order valence-corrected chi connectivity index (χ3v) is 9.62. The van der Waals surface area contributed by atoms with Crippen molar-refractivity contribution in [3.8, 4) is 0 Å². The van der Waals surface area contributed by atoms with Gasteiger partial charge in [0.15, 0.2) is 0 Å². The van der Waals surface area contributed by atoms with Crippen LogP contribution in [-0.2, 0) is 11.4 Å². The first kappa shape index (κ1) is 7.96. The van der Waals surface area contributed by atoms with E-state index < -0.39 is 11.4 Å². The monoisotopic (exact) mass is 303 g/mol. The normalized spacial score (nSPS) is 9.11. The average Bonchev–Trinajstić information content (AvgIpc) is 1.90. The molecule has 0 unspecified atom stereocenters. The molecule has 0 aromatic heterocycles. The number of hydrogen-bond donors (Lipinski definition) is 0. The van der Waals surface area contributed by atoms with E-state index in [0.29, 0.717) is 0 Å². The molecule has 1 rings (SSSR count). The Balaban J connectivity index is 2.85. The molecule has 0 atom stereocenters. The first-order valence-corrected chi connectivity index (χ1v) is 17.2. The van der Waals surface area contributed by atoms with Gasteiger partial charge < -0.3 is 0 Å². The SMILES string of the molecule is [Cl][Zn]([I])[c]1ccccc1. The molecule has 45 valence electrons. The van der Waals surface area contributed by atoms with Crippen molar-refractivity contribution in [3.63, 3.8) is 0 Å². The molecule has 1 aromatic rings. The predicted octanol–water partition coefficient (Wildman–Crippen LogP) is 2.43. The fourth-order valence-electron chi connectivity index (χ4n) is 0.656. The molecule has 0 fully saturated rings. The topological polar surface area (TPSA) is 0 Å². The third-order valence-electron chi connectivity index (χ3n) is 1.15. The Hall–Kier alpha value is 0.863. The second-order valence-electron chi connectivity index (χ2n) is 1.85. The minimum absolute atomic E-state index is 1.37. The van der Waals surface area contributed by atoms with Crippen LogP contribution in [0.1, 0.15) is 0 Å². The second-order valence-corrected chi connectivity index (χ2v) is 20.5. The van der Waals surface area contributed by atoms with E-state index in [4.69, 9.17) is 9.69 Å². The number of hydrogen-bond acceptors (Lipinski definition) is 0. The molecule has 0 N–H and O–H groups in total. The summed E-state index contributed by atoms with van der Waals surface area (Å²) in [5.41, 5.74) is 0. The van der Waals surface area contributed by atoms with Crippen molar-refractivity contribution in [3.05, 3.63) is 30.3 Å². The zero-order chi connectivity index (χ0) is 6.69. The molecule has 0 heterocycles. The van der Waals surface area contributed by atoms with Crippen molar-refractivity contribution < 1.29 is 11.4 Å². The molecule has 0 saturated heterocycles. The summed E-state index contributed by atoms with van der Waals surface area (Å²) in [4.78, 5) is 0. The molecule has 0 aliphatic rings. The van der Waals surface area contributed by atoms with Gasteiger partial charge in [-0.15, -0.1) is 0 Å². The van der Waals surface area contributed by atoms with Crippen LogP contribution in [-0.4, -0.2) is 0 Å². The van der Waals surface area contributed by atoms with E-state index in [-0.39, 0.29) is 0 Å². The molecule has 0 radical (unpaired) electrons. The molecular formula is C6H5ClIZn. The van der Waals surface area contributed by atoms with E-state index in [1.54, 1.807) is 0 Å². The van der Waals surface area contributed by atoms with E-state index in [9.17, 15) is 0 Å². The maximum atomic E-state index is 6.00. The van der Waals surface area contributed by atoms with Crippen molar-refractivity contribution in [2.75, 3.05) is 0 Å². The molecule has 0 nitrogen and oxygen atoms in total. The van der Waals surface area contributed by atoms with Crippen molar-refractivity contribution >= 4 is 33.6 Å². The van der Waals surface area contributed by atoms with Crippen LogP contribution in [0.15, 0.2) is 30.3 Å². The van der Waals surface area contributed by atoms with E-state index in [1.165, 1.54) is 4.16 Å². The fourth-order valence-corrected chi connectivity index (χ4v) is 5.54. The Morgan fingerprint density at radius 3 is 2.11 bits per heavy atom. The van der Waals surface area contributed by atoms with E-state index in [0.717, 1.165) is 0 Å². The third kappa shape index (κ3) is 2.52. The van der Waals surface area contributed by atoms with Gasteiger partial charge in [0, 0.05) is 0 Å². The van der Waals surface area contributed by atoms with Crippen LogP contribution < -0.4 is 4.16 Å². The summed E-state index contributed by atoms with van der Waals surface area (Å²) < 4.78 is 1.37. The molecular weight excluding hydrogens is 300 g/mol. The van der Waals surface area contributed by atoms with E-state index in [2.05, 4.69) is 31.9 Å². The first-order valence-electron chi connectivity index (χ1n) is 2.80. The summed E-state index contributed by atoms with van der Waals surface area (Å²) in [6.07, 6.45) is 0. The summed E-state index contributed by atoms with van der Waals surface area (Å²) in [5.74, 6) is 0. The Kier molecular flexibility index (Phi) is 3.45. The Morgan fingerprint density at radius 2 is 1.78 bits per heavy atom. The molecule has 1 aromatic carbocycles. The minimum atomic E-state index is -1.68. The Morgan fingerprint density at radius 1 is 1.22 bits per heavy atom. The molecule has 0 amide bonds. The standard InChI is InChI=1S/C6H5.ClH.HI.Zn/c1-2-4-6-5-3-1;;;/h1-5H;2*1H;/q;;;+2/p-2. The summed E-state index contributed by atoms with van der Waals surface area (Å²) in [5, 5.41) is 0. The van der Waals surface area contributed by atoms with Gasteiger partial charge >= 0.3 is 75.4 Å². The van der Waals surface area contributed by atoms with Crippen LogP contribution in [0.2, 0.25) is 0 Å². The number of halogens is 2. The Labute approximate surface area is 74.7 Å². The van der Waals surface area contributed by atoms with Gasteiger partial charge in [0.05, 0.1) is 0 Å². The predicted molar refractivity (Wildman–Crippen MR) is 45.9 cm³/mol. The second kappa shape index (κ2) is 3.89. The van der Waals surface area contributed by atoms with Gasteiger partial charge in [0.2, 0.25) is 0 Å². The van der Waals surface area contributed by atoms with Gasteiger partial charge in [-0.25, -0.2) is 0 Å². The van der Waals surface area contributed by atoms with Crippen LogP contribution in [0.3, 0.4) is 0 Å². The van der Waals surface area contributed by atoms with Crippen LogP contribution in [0.4, 0.5) is 0 Å². The van der Waals surface area contributed by atoms with Gasteiger partial charge in [-0.3, -0.25) is 0 Å². The molecule has 0 saturated carbocycles. The van der Waals surface area contributed by atoms with Crippen molar-refractivity contribution in [1.29, 1.82) is 0 Å². The van der Waals surface area contributed by atoms with E-state index in [1.807, 2.05) is 18.2 Å². The van der Waals surface area contributed by atoms with Gasteiger partial charge in [-0.1, -0.05) is 0 Å². The molecule has 9 heavy (non-hydrogen) atoms. The fraction of sp³-hybridized carbons (Fsp3) is 0. The van der Waals surface area contributed by atoms with Crippen LogP contribution in [0.5, 0.6) is 0 Å². The quantitative estimate of drug-likeness (QED) is 0.552. The van der Waals surface area contributed by atoms with E-state index >= 15 is 0 Å². The van der Waals surface area contributed by atoms with Gasteiger partial charge in [-0.2, -0.15) is 0 Å². The average molecular weight is 305 g/mol. The van der Waals surface area contributed by atoms with Crippen LogP contribution in [0.25, 0.3) is 0 Å². The van der Waals surface area contributed by atoms with Gasteiger partial charge in [-0.05, 0) is 0 Å². The molecule has 0 aliphatic heterocycles. The summed E-state index contributed by atoms with van der Waals surface area (Å²) >= 11 is 0.702. The zero-order valence-corrected chi connectivity index (χ0v) is 10.7. The summed E-state index contributed by atoms with van der Waals surface area (Å²) in [7, 11) is 6.00. The Bertz CT molecular complexity index is 176. The van der Waals surface area contributed by atoms with Crippen molar-refractivity contribution in [2.45, 2.75) is 0 Å². The van der Waals surface area contributed by atoms with Gasteiger partial charge in [0.25, 0.3) is 0 Å². The van der Waals surface area contributed by atoms with Crippen LogP contribution >= 0.6 is 29.4 Å². The van der Waals surface area contributed by atoms with Crippen molar-refractivity contribution in [1.82, 2.24) is 0 Å². The maximum absolute atomic E-state index is 6.00. The van der Waals surface area contributed by atoms with Crippen molar-refractivity contribution in [2.24, 2.45) is 0 Å². The summed E-state index contributed by atoms with van der Waals surface area (Å²) in [6.45, 7) is 0. The number of benzene rings is 1. The molecule has 0 aliphatic carbocycles. The molecule has 3 heteroatoms. The molecule has 0 spiro atoms. The first-order chi connectivity index (χ1) is 4.30. The summed E-state index contributed by atoms with van der Waals surface area (Å²) in [6, 6.07) is 10.3. The molecule has 0 bridgehead atoms. The van der Waals surface area contributed by atoms with Gasteiger partial charge in [0.1, 0.15) is 0 Å². The number of rotatable bonds is 1.